The van der Waals surface area contributed by atoms with Gasteiger partial charge in [-0.15, -0.1) is 0 Å². The van der Waals surface area contributed by atoms with Crippen LogP contribution in [0.1, 0.15) is 5.56 Å². The first-order valence-electron chi connectivity index (χ1n) is 6.04. The summed E-state index contributed by atoms with van der Waals surface area (Å²) < 4.78 is 27.6. The summed E-state index contributed by atoms with van der Waals surface area (Å²) >= 11 is 7.98. The predicted octanol–water partition coefficient (Wildman–Crippen LogP) is 3.84. The van der Waals surface area contributed by atoms with Crippen molar-refractivity contribution in [1.82, 2.24) is 8.96 Å². The molecule has 0 atom stereocenters. The van der Waals surface area contributed by atoms with Crippen LogP contribution in [0.2, 0.25) is 5.15 Å². The van der Waals surface area contributed by atoms with Crippen molar-refractivity contribution in [3.63, 3.8) is 0 Å². The van der Waals surface area contributed by atoms with E-state index >= 15 is 0 Å². The molecular formula is C14H10ClIN2O2S. The number of nitrogens with zero attached hydrogens (tertiary/aromatic N) is 2. The molecule has 4 nitrogen and oxygen atoms in total. The summed E-state index contributed by atoms with van der Waals surface area (Å²) in [5, 5.41) is 1.02. The molecule has 0 spiro atoms. The van der Waals surface area contributed by atoms with E-state index in [0.717, 1.165) is 14.5 Å². The summed E-state index contributed by atoms with van der Waals surface area (Å²) in [7, 11) is -3.65. The Morgan fingerprint density at radius 3 is 2.57 bits per heavy atom. The molecule has 0 radical (unpaired) electrons. The zero-order valence-electron chi connectivity index (χ0n) is 10.9. The number of aryl methyl sites for hydroxylation is 1. The van der Waals surface area contributed by atoms with E-state index in [0.29, 0.717) is 5.52 Å². The van der Waals surface area contributed by atoms with Crippen molar-refractivity contribution in [2.75, 3.05) is 0 Å². The monoisotopic (exact) mass is 432 g/mol. The zero-order chi connectivity index (χ0) is 15.2. The van der Waals surface area contributed by atoms with E-state index in [1.807, 2.05) is 6.92 Å². The van der Waals surface area contributed by atoms with E-state index in [9.17, 15) is 8.42 Å². The highest BCUT2D eigenvalue weighted by atomic mass is 127. The fourth-order valence-corrected chi connectivity index (χ4v) is 4.45. The van der Waals surface area contributed by atoms with Crippen LogP contribution < -0.4 is 0 Å². The van der Waals surface area contributed by atoms with Crippen LogP contribution in [0, 0.1) is 10.5 Å². The normalized spacial score (nSPS) is 12.0. The van der Waals surface area contributed by atoms with Crippen LogP contribution in [-0.2, 0) is 10.0 Å². The third-order valence-corrected chi connectivity index (χ3v) is 5.91. The molecule has 1 aromatic carbocycles. The van der Waals surface area contributed by atoms with Gasteiger partial charge in [-0.1, -0.05) is 29.3 Å². The molecule has 0 N–H and O–H groups in total. The van der Waals surface area contributed by atoms with Gasteiger partial charge in [-0.2, -0.15) is 0 Å². The number of fused-ring (bicyclic) bond motifs is 1. The lowest BCUT2D eigenvalue weighted by atomic mass is 10.2. The van der Waals surface area contributed by atoms with Crippen LogP contribution in [0.15, 0.2) is 47.6 Å². The fourth-order valence-electron chi connectivity index (χ4n) is 2.05. The van der Waals surface area contributed by atoms with E-state index in [2.05, 4.69) is 27.6 Å². The third-order valence-electron chi connectivity index (χ3n) is 3.15. The lowest BCUT2D eigenvalue weighted by Gasteiger charge is -2.07. The second-order valence-electron chi connectivity index (χ2n) is 4.62. The first-order chi connectivity index (χ1) is 9.89. The number of halogens is 2. The minimum Gasteiger partial charge on any atom is -0.244 e. The van der Waals surface area contributed by atoms with Gasteiger partial charge < -0.3 is 0 Å². The number of aromatic nitrogens is 2. The van der Waals surface area contributed by atoms with Gasteiger partial charge in [0.15, 0.2) is 0 Å². The van der Waals surface area contributed by atoms with E-state index in [1.165, 1.54) is 3.97 Å². The Bertz CT molecular complexity index is 934. The van der Waals surface area contributed by atoms with Gasteiger partial charge in [0.1, 0.15) is 5.15 Å². The van der Waals surface area contributed by atoms with E-state index in [4.69, 9.17) is 11.6 Å². The van der Waals surface area contributed by atoms with Gasteiger partial charge >= 0.3 is 0 Å². The van der Waals surface area contributed by atoms with Gasteiger partial charge in [0.05, 0.1) is 10.4 Å². The molecule has 2 heterocycles. The van der Waals surface area contributed by atoms with E-state index in [1.54, 1.807) is 42.7 Å². The van der Waals surface area contributed by atoms with Crippen LogP contribution >= 0.6 is 34.2 Å². The molecule has 0 bridgehead atoms. The quantitative estimate of drug-likeness (QED) is 0.457. The molecule has 21 heavy (non-hydrogen) atoms. The molecule has 0 fully saturated rings. The molecule has 0 unspecified atom stereocenters. The topological polar surface area (TPSA) is 52.0 Å². The lowest BCUT2D eigenvalue weighted by molar-refractivity contribution is 0.589. The smallest absolute Gasteiger partial charge is 0.244 e. The molecule has 0 amide bonds. The summed E-state index contributed by atoms with van der Waals surface area (Å²) in [6, 6.07) is 8.32. The van der Waals surface area contributed by atoms with Gasteiger partial charge in [-0.3, -0.25) is 0 Å². The molecule has 0 aliphatic rings. The van der Waals surface area contributed by atoms with Gasteiger partial charge in [-0.25, -0.2) is 17.4 Å². The SMILES string of the molecule is Cc1ccc(S(=O)(=O)n2cc(I)c3cnc(Cl)cc32)cc1. The third kappa shape index (κ3) is 2.56. The largest absolute Gasteiger partial charge is 0.268 e. The molecule has 0 aliphatic carbocycles. The molecule has 7 heteroatoms. The van der Waals surface area contributed by atoms with Gasteiger partial charge in [0.2, 0.25) is 0 Å². The number of rotatable bonds is 2. The van der Waals surface area contributed by atoms with E-state index < -0.39 is 10.0 Å². The van der Waals surface area contributed by atoms with Crippen molar-refractivity contribution in [2.45, 2.75) is 11.8 Å². The second-order valence-corrected chi connectivity index (χ2v) is 7.98. The summed E-state index contributed by atoms with van der Waals surface area (Å²) in [5.74, 6) is 0. The Hall–Kier alpha value is -1.12. The standard InChI is InChI=1S/C14H10ClIN2O2S/c1-9-2-4-10(5-3-9)21(19,20)18-8-12(16)11-7-17-14(15)6-13(11)18/h2-8H,1H3. The molecule has 0 saturated carbocycles. The van der Waals surface area contributed by atoms with Crippen molar-refractivity contribution in [1.29, 1.82) is 0 Å². The first kappa shape index (κ1) is 14.8. The minimum absolute atomic E-state index is 0.245. The number of hydrogen-bond acceptors (Lipinski definition) is 3. The Kier molecular flexibility index (Phi) is 3.71. The molecule has 3 rings (SSSR count). The number of hydrogen-bond donors (Lipinski definition) is 0. The first-order valence-corrected chi connectivity index (χ1v) is 8.93. The Morgan fingerprint density at radius 2 is 1.90 bits per heavy atom. The predicted molar refractivity (Wildman–Crippen MR) is 91.2 cm³/mol. The average molecular weight is 433 g/mol. The summed E-state index contributed by atoms with van der Waals surface area (Å²) in [6.45, 7) is 1.91. The van der Waals surface area contributed by atoms with Gasteiger partial charge in [0, 0.05) is 27.4 Å². The maximum atomic E-state index is 12.8. The maximum Gasteiger partial charge on any atom is 0.268 e. The van der Waals surface area contributed by atoms with Crippen molar-refractivity contribution >= 4 is 55.1 Å². The number of pyridine rings is 1. The maximum absolute atomic E-state index is 12.8. The van der Waals surface area contributed by atoms with Crippen molar-refractivity contribution in [3.05, 3.63) is 57.0 Å². The van der Waals surface area contributed by atoms with E-state index in [-0.39, 0.29) is 10.0 Å². The molecule has 108 valence electrons. The highest BCUT2D eigenvalue weighted by Crippen LogP contribution is 2.28. The van der Waals surface area contributed by atoms with Crippen LogP contribution in [0.3, 0.4) is 0 Å². The Labute approximate surface area is 140 Å². The van der Waals surface area contributed by atoms with Gasteiger partial charge in [0.25, 0.3) is 10.0 Å². The Balaban J connectivity index is 2.28. The fraction of sp³-hybridized carbons (Fsp3) is 0.0714. The molecular weight excluding hydrogens is 423 g/mol. The molecule has 0 aliphatic heterocycles. The summed E-state index contributed by atoms with van der Waals surface area (Å²) in [5.41, 5.74) is 1.54. The van der Waals surface area contributed by atoms with Crippen LogP contribution in [0.5, 0.6) is 0 Å². The molecule has 3 aromatic rings. The lowest BCUT2D eigenvalue weighted by Crippen LogP contribution is -2.11. The zero-order valence-corrected chi connectivity index (χ0v) is 14.6. The molecule has 2 aromatic heterocycles. The van der Waals surface area contributed by atoms with Crippen LogP contribution in [0.25, 0.3) is 10.9 Å². The Morgan fingerprint density at radius 1 is 1.24 bits per heavy atom. The van der Waals surface area contributed by atoms with Gasteiger partial charge in [-0.05, 0) is 41.6 Å². The van der Waals surface area contributed by atoms with Crippen molar-refractivity contribution in [3.8, 4) is 0 Å². The summed E-state index contributed by atoms with van der Waals surface area (Å²) in [4.78, 5) is 4.25. The van der Waals surface area contributed by atoms with Crippen LogP contribution in [-0.4, -0.2) is 17.4 Å². The highest BCUT2D eigenvalue weighted by molar-refractivity contribution is 14.1. The number of benzene rings is 1. The minimum atomic E-state index is -3.65. The van der Waals surface area contributed by atoms with Crippen molar-refractivity contribution in [2.24, 2.45) is 0 Å². The highest BCUT2D eigenvalue weighted by Gasteiger charge is 2.21. The molecule has 0 saturated heterocycles. The average Bonchev–Trinajstić information content (AvgIpc) is 2.76. The second kappa shape index (κ2) is 5.26. The van der Waals surface area contributed by atoms with Crippen LogP contribution in [0.4, 0.5) is 0 Å². The van der Waals surface area contributed by atoms with Crippen molar-refractivity contribution < 1.29 is 8.42 Å². The summed E-state index contributed by atoms with van der Waals surface area (Å²) in [6.07, 6.45) is 3.17.